The van der Waals surface area contributed by atoms with Crippen LogP contribution in [0.1, 0.15) is 31.2 Å². The molecule has 1 aliphatic carbocycles. The number of hydrogen-bond acceptors (Lipinski definition) is 6. The molecule has 1 fully saturated rings. The topological polar surface area (TPSA) is 87.4 Å². The van der Waals surface area contributed by atoms with Crippen molar-refractivity contribution in [1.82, 2.24) is 19.6 Å². The van der Waals surface area contributed by atoms with Gasteiger partial charge in [0.05, 0.1) is 10.7 Å². The van der Waals surface area contributed by atoms with Crippen LogP contribution in [0.25, 0.3) is 5.65 Å². The first-order chi connectivity index (χ1) is 13.2. The molecule has 3 heterocycles. The molecule has 27 heavy (non-hydrogen) atoms. The molecular weight excluding hydrogens is 408 g/mol. The molecule has 4 rings (SSSR count). The Hall–Kier alpha value is -2.19. The van der Waals surface area contributed by atoms with Gasteiger partial charge in [-0.1, -0.05) is 12.8 Å². The van der Waals surface area contributed by atoms with E-state index in [1.54, 1.807) is 23.1 Å². The predicted molar refractivity (Wildman–Crippen MR) is 109 cm³/mol. The van der Waals surface area contributed by atoms with E-state index in [0.717, 1.165) is 40.2 Å². The Morgan fingerprint density at radius 1 is 1.22 bits per heavy atom. The third-order valence-electron chi connectivity index (χ3n) is 5.13. The Morgan fingerprint density at radius 2 is 2.04 bits per heavy atom. The maximum atomic E-state index is 9.69. The zero-order valence-corrected chi connectivity index (χ0v) is 16.6. The molecule has 1 saturated carbocycles. The van der Waals surface area contributed by atoms with Crippen LogP contribution >= 0.6 is 15.9 Å². The lowest BCUT2D eigenvalue weighted by atomic mass is 9.85. The van der Waals surface area contributed by atoms with Gasteiger partial charge in [0, 0.05) is 43.6 Å². The molecule has 3 aromatic rings. The molecule has 0 radical (unpaired) electrons. The van der Waals surface area contributed by atoms with Crippen molar-refractivity contribution in [3.05, 3.63) is 46.8 Å². The van der Waals surface area contributed by atoms with E-state index in [-0.39, 0.29) is 18.6 Å². The summed E-state index contributed by atoms with van der Waals surface area (Å²) in [6, 6.07) is 6.19. The van der Waals surface area contributed by atoms with Crippen molar-refractivity contribution in [2.75, 3.05) is 17.2 Å². The van der Waals surface area contributed by atoms with Gasteiger partial charge >= 0.3 is 0 Å². The second-order valence-corrected chi connectivity index (χ2v) is 7.80. The minimum Gasteiger partial charge on any atom is -0.396 e. The Bertz CT molecular complexity index is 900. The number of pyridine rings is 1. The van der Waals surface area contributed by atoms with Crippen LogP contribution in [0, 0.1) is 5.92 Å². The van der Waals surface area contributed by atoms with Crippen molar-refractivity contribution in [2.45, 2.75) is 38.3 Å². The van der Waals surface area contributed by atoms with Crippen molar-refractivity contribution < 1.29 is 5.11 Å². The molecular formula is C19H23BrN6O. The first-order valence-corrected chi connectivity index (χ1v) is 10.1. The van der Waals surface area contributed by atoms with E-state index in [1.165, 1.54) is 12.8 Å². The number of rotatable bonds is 6. The SMILES string of the molecule is OC[C@H]1CCCCC1Nc1cc(NCc2ccncc2)n2ncc(Br)c2n1. The maximum absolute atomic E-state index is 9.69. The number of halogens is 1. The highest BCUT2D eigenvalue weighted by Gasteiger charge is 2.25. The highest BCUT2D eigenvalue weighted by Crippen LogP contribution is 2.28. The predicted octanol–water partition coefficient (Wildman–Crippen LogP) is 3.46. The summed E-state index contributed by atoms with van der Waals surface area (Å²) in [5.74, 6) is 1.94. The third kappa shape index (κ3) is 4.06. The standard InChI is InChI=1S/C19H23BrN6O/c20-15-11-23-26-18(22-10-13-5-7-21-8-6-13)9-17(25-19(15)26)24-16-4-2-1-3-14(16)12-27/h5-9,11,14,16,22,27H,1-4,10,12H2,(H,24,25)/t14-,16?/m1/s1. The molecule has 0 amide bonds. The summed E-state index contributed by atoms with van der Waals surface area (Å²) in [6.07, 6.45) is 9.80. The molecule has 0 aromatic carbocycles. The van der Waals surface area contributed by atoms with E-state index in [4.69, 9.17) is 4.98 Å². The van der Waals surface area contributed by atoms with Gasteiger partial charge in [-0.2, -0.15) is 9.61 Å². The summed E-state index contributed by atoms with van der Waals surface area (Å²) in [4.78, 5) is 8.78. The van der Waals surface area contributed by atoms with Crippen LogP contribution in [-0.4, -0.2) is 37.3 Å². The Morgan fingerprint density at radius 3 is 2.85 bits per heavy atom. The summed E-state index contributed by atoms with van der Waals surface area (Å²) >= 11 is 3.53. The molecule has 3 N–H and O–H groups in total. The van der Waals surface area contributed by atoms with Gasteiger partial charge in [0.1, 0.15) is 11.6 Å². The summed E-state index contributed by atoms with van der Waals surface area (Å²) < 4.78 is 2.64. The molecule has 0 bridgehead atoms. The molecule has 142 valence electrons. The fourth-order valence-electron chi connectivity index (χ4n) is 3.64. The van der Waals surface area contributed by atoms with Gasteiger partial charge in [0.25, 0.3) is 0 Å². The highest BCUT2D eigenvalue weighted by molar-refractivity contribution is 9.10. The van der Waals surface area contributed by atoms with E-state index >= 15 is 0 Å². The van der Waals surface area contributed by atoms with Gasteiger partial charge in [0.15, 0.2) is 5.65 Å². The lowest BCUT2D eigenvalue weighted by Gasteiger charge is -2.31. The number of fused-ring (bicyclic) bond motifs is 1. The summed E-state index contributed by atoms with van der Waals surface area (Å²) in [5, 5.41) is 21.1. The first-order valence-electron chi connectivity index (χ1n) is 9.29. The monoisotopic (exact) mass is 430 g/mol. The second kappa shape index (κ2) is 8.22. The Balaban J connectivity index is 1.60. The number of nitrogens with zero attached hydrogens (tertiary/aromatic N) is 4. The summed E-state index contributed by atoms with van der Waals surface area (Å²) in [5.41, 5.74) is 1.90. The van der Waals surface area contributed by atoms with Gasteiger partial charge in [0.2, 0.25) is 0 Å². The van der Waals surface area contributed by atoms with Gasteiger partial charge in [-0.15, -0.1) is 0 Å². The average molecular weight is 431 g/mol. The lowest BCUT2D eigenvalue weighted by Crippen LogP contribution is -2.34. The van der Waals surface area contributed by atoms with Crippen LogP contribution in [0.3, 0.4) is 0 Å². The lowest BCUT2D eigenvalue weighted by molar-refractivity contribution is 0.178. The van der Waals surface area contributed by atoms with E-state index in [9.17, 15) is 5.11 Å². The fourth-order valence-corrected chi connectivity index (χ4v) is 3.98. The molecule has 8 heteroatoms. The van der Waals surface area contributed by atoms with Gasteiger partial charge in [-0.05, 0) is 46.5 Å². The van der Waals surface area contributed by atoms with E-state index < -0.39 is 0 Å². The van der Waals surface area contributed by atoms with Crippen LogP contribution in [0.4, 0.5) is 11.6 Å². The number of aliphatic hydroxyl groups is 1. The van der Waals surface area contributed by atoms with Crippen LogP contribution in [0.2, 0.25) is 0 Å². The average Bonchev–Trinajstić information content (AvgIpc) is 3.08. The number of anilines is 2. The van der Waals surface area contributed by atoms with E-state index in [2.05, 4.69) is 36.6 Å². The zero-order chi connectivity index (χ0) is 18.6. The minimum atomic E-state index is 0.212. The van der Waals surface area contributed by atoms with Crippen molar-refractivity contribution in [1.29, 1.82) is 0 Å². The molecule has 0 aliphatic heterocycles. The van der Waals surface area contributed by atoms with Gasteiger partial charge < -0.3 is 15.7 Å². The molecule has 0 spiro atoms. The zero-order valence-electron chi connectivity index (χ0n) is 15.0. The van der Waals surface area contributed by atoms with Gasteiger partial charge in [-0.25, -0.2) is 4.98 Å². The number of aromatic nitrogens is 4. The van der Waals surface area contributed by atoms with Crippen LogP contribution < -0.4 is 10.6 Å². The largest absolute Gasteiger partial charge is 0.396 e. The van der Waals surface area contributed by atoms with Crippen LogP contribution in [0.5, 0.6) is 0 Å². The van der Waals surface area contributed by atoms with Crippen LogP contribution in [-0.2, 0) is 6.54 Å². The molecule has 7 nitrogen and oxygen atoms in total. The minimum absolute atomic E-state index is 0.212. The Labute approximate surface area is 166 Å². The van der Waals surface area contributed by atoms with Crippen molar-refractivity contribution >= 4 is 33.2 Å². The summed E-state index contributed by atoms with van der Waals surface area (Å²) in [7, 11) is 0. The quantitative estimate of drug-likeness (QED) is 0.554. The first kappa shape index (κ1) is 18.2. The number of hydrogen-bond donors (Lipinski definition) is 3. The van der Waals surface area contributed by atoms with E-state index in [0.29, 0.717) is 6.54 Å². The van der Waals surface area contributed by atoms with Crippen molar-refractivity contribution in [3.63, 3.8) is 0 Å². The third-order valence-corrected chi connectivity index (χ3v) is 5.69. The maximum Gasteiger partial charge on any atom is 0.173 e. The Kier molecular flexibility index (Phi) is 5.54. The number of nitrogens with one attached hydrogen (secondary N) is 2. The molecule has 1 aliphatic rings. The highest BCUT2D eigenvalue weighted by atomic mass is 79.9. The normalized spacial score (nSPS) is 19.9. The molecule has 2 atom stereocenters. The summed E-state index contributed by atoms with van der Waals surface area (Å²) in [6.45, 7) is 0.880. The van der Waals surface area contributed by atoms with Crippen molar-refractivity contribution in [2.24, 2.45) is 5.92 Å². The smallest absolute Gasteiger partial charge is 0.173 e. The van der Waals surface area contributed by atoms with Crippen molar-refractivity contribution in [3.8, 4) is 0 Å². The van der Waals surface area contributed by atoms with Gasteiger partial charge in [-0.3, -0.25) is 4.98 Å². The fraction of sp³-hybridized carbons (Fsp3) is 0.421. The second-order valence-electron chi connectivity index (χ2n) is 6.94. The number of aliphatic hydroxyl groups excluding tert-OH is 1. The molecule has 0 saturated heterocycles. The molecule has 3 aromatic heterocycles. The van der Waals surface area contributed by atoms with Crippen LogP contribution in [0.15, 0.2) is 41.3 Å². The van der Waals surface area contributed by atoms with E-state index in [1.807, 2.05) is 18.2 Å². The molecule has 1 unspecified atom stereocenters.